The molecule has 0 spiro atoms. The van der Waals surface area contributed by atoms with Crippen LogP contribution in [0.1, 0.15) is 43.5 Å². The number of carbonyl (C=O) groups excluding carboxylic acids is 1. The third-order valence-electron chi connectivity index (χ3n) is 4.25. The largest absolute Gasteiger partial charge is 0.373 e. The highest BCUT2D eigenvalue weighted by Gasteiger charge is 2.25. The lowest BCUT2D eigenvalue weighted by Gasteiger charge is -2.32. The van der Waals surface area contributed by atoms with E-state index >= 15 is 0 Å². The summed E-state index contributed by atoms with van der Waals surface area (Å²) in [6.07, 6.45) is 3.27. The fourth-order valence-electron chi connectivity index (χ4n) is 2.70. The fourth-order valence-corrected chi connectivity index (χ4v) is 2.91. The first kappa shape index (κ1) is 15.1. The van der Waals surface area contributed by atoms with E-state index in [9.17, 15) is 4.79 Å². The van der Waals surface area contributed by atoms with Crippen molar-refractivity contribution < 1.29 is 4.79 Å². The van der Waals surface area contributed by atoms with E-state index < -0.39 is 0 Å². The van der Waals surface area contributed by atoms with Crippen LogP contribution in [0.5, 0.6) is 0 Å². The lowest BCUT2D eigenvalue weighted by molar-refractivity contribution is 0.0910. The number of nitrogens with zero attached hydrogens (tertiary/aromatic N) is 1. The van der Waals surface area contributed by atoms with Crippen LogP contribution in [0, 0.1) is 11.8 Å². The van der Waals surface area contributed by atoms with Crippen LogP contribution < -0.4 is 10.6 Å². The van der Waals surface area contributed by atoms with E-state index in [1.54, 1.807) is 19.2 Å². The zero-order chi connectivity index (χ0) is 14.7. The third-order valence-corrected chi connectivity index (χ3v) is 4.44. The number of nitrogens with one attached hydrogen (secondary N) is 2. The molecule has 2 rings (SSSR count). The van der Waals surface area contributed by atoms with Crippen molar-refractivity contribution in [3.63, 3.8) is 0 Å². The van der Waals surface area contributed by atoms with Crippen LogP contribution in [0.4, 0.5) is 5.82 Å². The number of amides is 1. The van der Waals surface area contributed by atoms with Gasteiger partial charge < -0.3 is 10.6 Å². The molecule has 0 aromatic carbocycles. The first-order valence-corrected chi connectivity index (χ1v) is 7.53. The lowest BCUT2D eigenvalue weighted by atomic mass is 9.79. The number of anilines is 1. The molecule has 1 fully saturated rings. The van der Waals surface area contributed by atoms with Gasteiger partial charge in [-0.15, -0.1) is 0 Å². The molecule has 3 atom stereocenters. The maximum Gasteiger partial charge on any atom is 0.251 e. The molecule has 1 aromatic rings. The van der Waals surface area contributed by atoms with Crippen LogP contribution >= 0.6 is 11.6 Å². The van der Waals surface area contributed by atoms with E-state index in [0.717, 1.165) is 18.8 Å². The number of aromatic nitrogens is 1. The Morgan fingerprint density at radius 2 is 2.05 bits per heavy atom. The Labute approximate surface area is 125 Å². The van der Waals surface area contributed by atoms with Crippen molar-refractivity contribution in [2.45, 2.75) is 39.2 Å². The monoisotopic (exact) mass is 295 g/mol. The molecular weight excluding hydrogens is 274 g/mol. The second-order valence-corrected chi connectivity index (χ2v) is 6.14. The highest BCUT2D eigenvalue weighted by molar-refractivity contribution is 6.29. The zero-order valence-electron chi connectivity index (χ0n) is 12.2. The molecular formula is C15H22ClN3O. The molecule has 4 nitrogen and oxygen atoms in total. The van der Waals surface area contributed by atoms with Gasteiger partial charge in [-0.2, -0.15) is 0 Å². The predicted octanol–water partition coefficient (Wildman–Crippen LogP) is 3.33. The van der Waals surface area contributed by atoms with E-state index in [2.05, 4.69) is 29.5 Å². The van der Waals surface area contributed by atoms with Gasteiger partial charge in [-0.3, -0.25) is 4.79 Å². The Kier molecular flexibility index (Phi) is 4.86. The molecule has 0 bridgehead atoms. The summed E-state index contributed by atoms with van der Waals surface area (Å²) < 4.78 is 0. The number of pyridine rings is 1. The molecule has 1 saturated carbocycles. The molecule has 1 aliphatic carbocycles. The van der Waals surface area contributed by atoms with Gasteiger partial charge in [0.15, 0.2) is 0 Å². The molecule has 3 unspecified atom stereocenters. The first-order valence-electron chi connectivity index (χ1n) is 7.15. The average Bonchev–Trinajstić information content (AvgIpc) is 2.42. The second-order valence-electron chi connectivity index (χ2n) is 5.75. The average molecular weight is 296 g/mol. The van der Waals surface area contributed by atoms with Crippen LogP contribution in [-0.2, 0) is 0 Å². The molecule has 1 amide bonds. The maximum absolute atomic E-state index is 12.3. The van der Waals surface area contributed by atoms with Gasteiger partial charge in [-0.25, -0.2) is 4.98 Å². The molecule has 2 N–H and O–H groups in total. The SMILES string of the molecule is CNc1cc(C(=O)NC2CCC(C)C(C)C2)cc(Cl)n1. The fraction of sp³-hybridized carbons (Fsp3) is 0.600. The standard InChI is InChI=1S/C15H22ClN3O/c1-9-4-5-12(6-10(9)2)18-15(20)11-7-13(16)19-14(8-11)17-3/h7-10,12H,4-6H2,1-3H3,(H,17,19)(H,18,20). The van der Waals surface area contributed by atoms with Gasteiger partial charge in [0.25, 0.3) is 5.91 Å². The molecule has 1 aromatic heterocycles. The molecule has 110 valence electrons. The summed E-state index contributed by atoms with van der Waals surface area (Å²) in [7, 11) is 1.75. The Morgan fingerprint density at radius 1 is 1.30 bits per heavy atom. The van der Waals surface area contributed by atoms with Crippen LogP contribution in [0.3, 0.4) is 0 Å². The minimum Gasteiger partial charge on any atom is -0.373 e. The molecule has 1 heterocycles. The van der Waals surface area contributed by atoms with Gasteiger partial charge in [0, 0.05) is 18.7 Å². The highest BCUT2D eigenvalue weighted by Crippen LogP contribution is 2.29. The van der Waals surface area contributed by atoms with Gasteiger partial charge in [-0.05, 0) is 43.2 Å². The van der Waals surface area contributed by atoms with E-state index in [1.807, 2.05) is 0 Å². The van der Waals surface area contributed by atoms with Crippen LogP contribution in [0.2, 0.25) is 5.15 Å². The van der Waals surface area contributed by atoms with Crippen LogP contribution in [0.15, 0.2) is 12.1 Å². The number of halogens is 1. The summed E-state index contributed by atoms with van der Waals surface area (Å²) in [5.41, 5.74) is 0.556. The van der Waals surface area contributed by atoms with Crippen molar-refractivity contribution in [2.24, 2.45) is 11.8 Å². The first-order chi connectivity index (χ1) is 9.49. The Balaban J connectivity index is 2.03. The van der Waals surface area contributed by atoms with Crippen molar-refractivity contribution in [1.29, 1.82) is 0 Å². The van der Waals surface area contributed by atoms with Crippen molar-refractivity contribution in [1.82, 2.24) is 10.3 Å². The minimum atomic E-state index is -0.0717. The lowest BCUT2D eigenvalue weighted by Crippen LogP contribution is -2.39. The smallest absolute Gasteiger partial charge is 0.251 e. The van der Waals surface area contributed by atoms with Crippen molar-refractivity contribution in [3.8, 4) is 0 Å². The van der Waals surface area contributed by atoms with E-state index in [0.29, 0.717) is 22.5 Å². The molecule has 0 saturated heterocycles. The second kappa shape index (κ2) is 6.44. The van der Waals surface area contributed by atoms with Gasteiger partial charge >= 0.3 is 0 Å². The summed E-state index contributed by atoms with van der Waals surface area (Å²) in [4.78, 5) is 16.4. The van der Waals surface area contributed by atoms with Crippen molar-refractivity contribution in [2.75, 3.05) is 12.4 Å². The Morgan fingerprint density at radius 3 is 2.70 bits per heavy atom. The zero-order valence-corrected chi connectivity index (χ0v) is 13.0. The maximum atomic E-state index is 12.3. The number of hydrogen-bond acceptors (Lipinski definition) is 3. The quantitative estimate of drug-likeness (QED) is 0.841. The minimum absolute atomic E-state index is 0.0717. The summed E-state index contributed by atoms with van der Waals surface area (Å²) in [5.74, 6) is 1.93. The van der Waals surface area contributed by atoms with E-state index in [-0.39, 0.29) is 11.9 Å². The van der Waals surface area contributed by atoms with Gasteiger partial charge in [-0.1, -0.05) is 25.4 Å². The van der Waals surface area contributed by atoms with Crippen molar-refractivity contribution in [3.05, 3.63) is 22.8 Å². The van der Waals surface area contributed by atoms with Crippen LogP contribution in [0.25, 0.3) is 0 Å². The normalized spacial score (nSPS) is 26.1. The molecule has 20 heavy (non-hydrogen) atoms. The van der Waals surface area contributed by atoms with Crippen LogP contribution in [-0.4, -0.2) is 24.0 Å². The van der Waals surface area contributed by atoms with E-state index in [4.69, 9.17) is 11.6 Å². The molecule has 0 radical (unpaired) electrons. The number of rotatable bonds is 3. The summed E-state index contributed by atoms with van der Waals surface area (Å²) in [6.45, 7) is 4.54. The van der Waals surface area contributed by atoms with Gasteiger partial charge in [0.2, 0.25) is 0 Å². The summed E-state index contributed by atoms with van der Waals surface area (Å²) in [5, 5.41) is 6.34. The van der Waals surface area contributed by atoms with Crippen molar-refractivity contribution >= 4 is 23.3 Å². The third kappa shape index (κ3) is 3.63. The highest BCUT2D eigenvalue weighted by atomic mass is 35.5. The Hall–Kier alpha value is -1.29. The van der Waals surface area contributed by atoms with E-state index in [1.165, 1.54) is 6.42 Å². The summed E-state index contributed by atoms with van der Waals surface area (Å²) in [6, 6.07) is 3.58. The predicted molar refractivity (Wildman–Crippen MR) is 82.2 cm³/mol. The number of hydrogen-bond donors (Lipinski definition) is 2. The molecule has 5 heteroatoms. The summed E-state index contributed by atoms with van der Waals surface area (Å²) >= 11 is 5.93. The van der Waals surface area contributed by atoms with Gasteiger partial charge in [0.05, 0.1) is 0 Å². The molecule has 0 aliphatic heterocycles. The topological polar surface area (TPSA) is 54.0 Å². The number of carbonyl (C=O) groups is 1. The Bertz CT molecular complexity index is 492. The molecule has 1 aliphatic rings. The van der Waals surface area contributed by atoms with Gasteiger partial charge in [0.1, 0.15) is 11.0 Å².